The first kappa shape index (κ1) is 13.0. The van der Waals surface area contributed by atoms with Crippen LogP contribution in [0, 0.1) is 17.0 Å². The van der Waals surface area contributed by atoms with Gasteiger partial charge in [-0.2, -0.15) is 0 Å². The molecule has 1 rings (SSSR count). The fourth-order valence-corrected chi connectivity index (χ4v) is 1.43. The molecule has 0 heterocycles. The van der Waals surface area contributed by atoms with Crippen molar-refractivity contribution in [2.45, 2.75) is 6.92 Å². The molecule has 92 valence electrons. The number of ether oxygens (including phenoxy) is 1. The second kappa shape index (κ2) is 5.29. The van der Waals surface area contributed by atoms with E-state index in [-0.39, 0.29) is 18.2 Å². The summed E-state index contributed by atoms with van der Waals surface area (Å²) in [6.07, 6.45) is 0. The Labute approximate surface area is 98.9 Å². The number of carbonyl (C=O) groups excluding carboxylic acids is 1. The number of anilines is 1. The fourth-order valence-electron chi connectivity index (χ4n) is 1.43. The lowest BCUT2D eigenvalue weighted by atomic mass is 10.1. The van der Waals surface area contributed by atoms with E-state index in [1.807, 2.05) is 0 Å². The molecule has 0 N–H and O–H groups in total. The molecule has 1 aromatic carbocycles. The van der Waals surface area contributed by atoms with E-state index >= 15 is 0 Å². The zero-order chi connectivity index (χ0) is 13.0. The van der Waals surface area contributed by atoms with Crippen LogP contribution >= 0.6 is 0 Å². The normalized spacial score (nSPS) is 9.82. The van der Waals surface area contributed by atoms with E-state index in [1.54, 1.807) is 31.0 Å². The van der Waals surface area contributed by atoms with E-state index in [0.717, 1.165) is 5.69 Å². The van der Waals surface area contributed by atoms with Crippen LogP contribution in [-0.2, 0) is 9.53 Å². The summed E-state index contributed by atoms with van der Waals surface area (Å²) in [4.78, 5) is 23.0. The van der Waals surface area contributed by atoms with Gasteiger partial charge in [0.1, 0.15) is 6.54 Å². The highest BCUT2D eigenvalue weighted by molar-refractivity contribution is 5.75. The molecule has 0 bridgehead atoms. The van der Waals surface area contributed by atoms with E-state index in [0.29, 0.717) is 5.56 Å². The average molecular weight is 238 g/mol. The van der Waals surface area contributed by atoms with Crippen LogP contribution in [0.25, 0.3) is 0 Å². The number of esters is 1. The summed E-state index contributed by atoms with van der Waals surface area (Å²) < 4.78 is 4.55. The van der Waals surface area contributed by atoms with E-state index < -0.39 is 4.92 Å². The summed E-state index contributed by atoms with van der Waals surface area (Å²) in [6, 6.07) is 4.70. The molecular weight excluding hydrogens is 224 g/mol. The van der Waals surface area contributed by atoms with Gasteiger partial charge in [0.2, 0.25) is 0 Å². The van der Waals surface area contributed by atoms with Crippen molar-refractivity contribution in [3.63, 3.8) is 0 Å². The van der Waals surface area contributed by atoms with E-state index in [1.165, 1.54) is 13.2 Å². The van der Waals surface area contributed by atoms with Gasteiger partial charge in [0.05, 0.1) is 12.0 Å². The van der Waals surface area contributed by atoms with Gasteiger partial charge < -0.3 is 9.64 Å². The molecule has 0 amide bonds. The van der Waals surface area contributed by atoms with Gasteiger partial charge >= 0.3 is 5.97 Å². The van der Waals surface area contributed by atoms with Crippen LogP contribution in [0.4, 0.5) is 11.4 Å². The molecule has 0 saturated heterocycles. The molecule has 17 heavy (non-hydrogen) atoms. The van der Waals surface area contributed by atoms with Crippen molar-refractivity contribution in [2.24, 2.45) is 0 Å². The van der Waals surface area contributed by atoms with Crippen molar-refractivity contribution < 1.29 is 14.5 Å². The van der Waals surface area contributed by atoms with Crippen molar-refractivity contribution in [1.29, 1.82) is 0 Å². The first-order valence-corrected chi connectivity index (χ1v) is 4.98. The largest absolute Gasteiger partial charge is 0.468 e. The number of nitrogens with zero attached hydrogens (tertiary/aromatic N) is 2. The first-order valence-electron chi connectivity index (χ1n) is 4.98. The highest BCUT2D eigenvalue weighted by Crippen LogP contribution is 2.23. The highest BCUT2D eigenvalue weighted by Gasteiger charge is 2.13. The average Bonchev–Trinajstić information content (AvgIpc) is 2.28. The number of methoxy groups -OCH3 is 1. The molecule has 0 radical (unpaired) electrons. The summed E-state index contributed by atoms with van der Waals surface area (Å²) in [5.74, 6) is -0.358. The third-order valence-corrected chi connectivity index (χ3v) is 2.41. The summed E-state index contributed by atoms with van der Waals surface area (Å²) in [5, 5.41) is 10.6. The van der Waals surface area contributed by atoms with Crippen LogP contribution in [0.15, 0.2) is 18.2 Å². The van der Waals surface area contributed by atoms with Gasteiger partial charge in [0, 0.05) is 24.4 Å². The Morgan fingerprint density at radius 1 is 1.53 bits per heavy atom. The lowest BCUT2D eigenvalue weighted by Crippen LogP contribution is -2.26. The summed E-state index contributed by atoms with van der Waals surface area (Å²) in [7, 11) is 3.04. The fraction of sp³-hybridized carbons (Fsp3) is 0.364. The minimum Gasteiger partial charge on any atom is -0.468 e. The number of likely N-dealkylation sites (N-methyl/N-ethyl adjacent to an activating group) is 1. The van der Waals surface area contributed by atoms with Crippen LogP contribution < -0.4 is 4.90 Å². The lowest BCUT2D eigenvalue weighted by Gasteiger charge is -2.17. The van der Waals surface area contributed by atoms with Gasteiger partial charge in [0.25, 0.3) is 5.69 Å². The van der Waals surface area contributed by atoms with Gasteiger partial charge in [-0.3, -0.25) is 14.9 Å². The molecule has 0 atom stereocenters. The number of nitro groups is 1. The number of benzene rings is 1. The number of aryl methyl sites for hydroxylation is 1. The standard InChI is InChI=1S/C11H14N2O4/c1-8-6-9(4-5-10(8)13(15)16)12(2)7-11(14)17-3/h4-6H,7H2,1-3H3. The molecule has 0 fully saturated rings. The Bertz CT molecular complexity index is 445. The van der Waals surface area contributed by atoms with Crippen molar-refractivity contribution in [2.75, 3.05) is 25.6 Å². The number of carbonyl (C=O) groups is 1. The van der Waals surface area contributed by atoms with Gasteiger partial charge in [-0.05, 0) is 19.1 Å². The van der Waals surface area contributed by atoms with Crippen LogP contribution in [-0.4, -0.2) is 31.6 Å². The Morgan fingerprint density at radius 2 is 2.18 bits per heavy atom. The van der Waals surface area contributed by atoms with Crippen LogP contribution in [0.2, 0.25) is 0 Å². The van der Waals surface area contributed by atoms with Crippen molar-refractivity contribution in [3.8, 4) is 0 Å². The second-order valence-electron chi connectivity index (χ2n) is 3.66. The molecule has 0 aliphatic rings. The Balaban J connectivity index is 2.89. The maximum absolute atomic E-state index is 11.1. The van der Waals surface area contributed by atoms with Gasteiger partial charge in [-0.15, -0.1) is 0 Å². The summed E-state index contributed by atoms with van der Waals surface area (Å²) >= 11 is 0. The van der Waals surface area contributed by atoms with Crippen LogP contribution in [0.1, 0.15) is 5.56 Å². The predicted molar refractivity (Wildman–Crippen MR) is 63.1 cm³/mol. The minimum atomic E-state index is -0.431. The van der Waals surface area contributed by atoms with Crippen LogP contribution in [0.5, 0.6) is 0 Å². The molecule has 0 unspecified atom stereocenters. The molecule has 0 aliphatic carbocycles. The molecule has 1 aromatic rings. The smallest absolute Gasteiger partial charge is 0.325 e. The van der Waals surface area contributed by atoms with E-state index in [4.69, 9.17) is 0 Å². The van der Waals surface area contributed by atoms with Crippen LogP contribution in [0.3, 0.4) is 0 Å². The van der Waals surface area contributed by atoms with Gasteiger partial charge in [-0.25, -0.2) is 0 Å². The van der Waals surface area contributed by atoms with Crippen molar-refractivity contribution >= 4 is 17.3 Å². The second-order valence-corrected chi connectivity index (χ2v) is 3.66. The van der Waals surface area contributed by atoms with Crippen molar-refractivity contribution in [1.82, 2.24) is 0 Å². The quantitative estimate of drug-likeness (QED) is 0.451. The monoisotopic (exact) mass is 238 g/mol. The number of hydrogen-bond donors (Lipinski definition) is 0. The Hall–Kier alpha value is -2.11. The SMILES string of the molecule is COC(=O)CN(C)c1ccc([N+](=O)[O-])c(C)c1. The lowest BCUT2D eigenvalue weighted by molar-refractivity contribution is -0.385. The maximum Gasteiger partial charge on any atom is 0.325 e. The zero-order valence-electron chi connectivity index (χ0n) is 9.97. The minimum absolute atomic E-state index is 0.0696. The van der Waals surface area contributed by atoms with Gasteiger partial charge in [0.15, 0.2) is 0 Å². The third kappa shape index (κ3) is 3.17. The van der Waals surface area contributed by atoms with Crippen molar-refractivity contribution in [3.05, 3.63) is 33.9 Å². The third-order valence-electron chi connectivity index (χ3n) is 2.41. The molecule has 0 aliphatic heterocycles. The number of nitro benzene ring substituents is 1. The first-order chi connectivity index (χ1) is 7.95. The topological polar surface area (TPSA) is 72.7 Å². The predicted octanol–water partition coefficient (Wildman–Crippen LogP) is 1.51. The van der Waals surface area contributed by atoms with E-state index in [9.17, 15) is 14.9 Å². The molecular formula is C11H14N2O4. The number of hydrogen-bond acceptors (Lipinski definition) is 5. The maximum atomic E-state index is 11.1. The summed E-state index contributed by atoms with van der Waals surface area (Å²) in [6.45, 7) is 1.77. The molecule has 0 spiro atoms. The van der Waals surface area contributed by atoms with E-state index in [2.05, 4.69) is 4.74 Å². The summed E-state index contributed by atoms with van der Waals surface area (Å²) in [5.41, 5.74) is 1.36. The zero-order valence-corrected chi connectivity index (χ0v) is 9.97. The van der Waals surface area contributed by atoms with Gasteiger partial charge in [-0.1, -0.05) is 0 Å². The molecule has 0 saturated carbocycles. The Morgan fingerprint density at radius 3 is 2.65 bits per heavy atom. The molecule has 0 aromatic heterocycles. The number of rotatable bonds is 4. The molecule has 6 heteroatoms. The molecule has 6 nitrogen and oxygen atoms in total. The Kier molecular flexibility index (Phi) is 4.03. The highest BCUT2D eigenvalue weighted by atomic mass is 16.6.